The van der Waals surface area contributed by atoms with Crippen LogP contribution in [0.15, 0.2) is 5.38 Å². The van der Waals surface area contributed by atoms with E-state index in [1.807, 2.05) is 0 Å². The molecule has 0 N–H and O–H groups in total. The quantitative estimate of drug-likeness (QED) is 0.829. The Morgan fingerprint density at radius 3 is 2.76 bits per heavy atom. The summed E-state index contributed by atoms with van der Waals surface area (Å²) in [5.74, 6) is 0.504. The molecule has 1 fully saturated rings. The number of hydrogen-bond donors (Lipinski definition) is 0. The van der Waals surface area contributed by atoms with Gasteiger partial charge in [0.1, 0.15) is 11.1 Å². The van der Waals surface area contributed by atoms with Crippen molar-refractivity contribution in [1.29, 1.82) is 0 Å². The van der Waals surface area contributed by atoms with Crippen LogP contribution >= 0.6 is 11.3 Å². The first kappa shape index (κ1) is 13.0. The molecule has 1 atom stereocenters. The van der Waals surface area contributed by atoms with Gasteiger partial charge in [-0.05, 0) is 19.8 Å². The Bertz CT molecular complexity index is 362. The van der Waals surface area contributed by atoms with E-state index in [4.69, 9.17) is 9.72 Å². The highest BCUT2D eigenvalue weighted by molar-refractivity contribution is 7.09. The topological polar surface area (TPSA) is 25.4 Å². The zero-order valence-electron chi connectivity index (χ0n) is 11.1. The normalized spacial score (nSPS) is 22.6. The van der Waals surface area contributed by atoms with Crippen molar-refractivity contribution in [2.45, 2.75) is 45.8 Å². The van der Waals surface area contributed by atoms with Gasteiger partial charge < -0.3 is 4.74 Å². The maximum atomic E-state index is 5.84. The fraction of sp³-hybridized carbons (Fsp3) is 0.769. The van der Waals surface area contributed by atoms with Gasteiger partial charge in [0.15, 0.2) is 0 Å². The average Bonchev–Trinajstić information content (AvgIpc) is 2.78. The molecular formula is C13H22N2OS. The highest BCUT2D eigenvalue weighted by atomic mass is 32.1. The molecule has 17 heavy (non-hydrogen) atoms. The second-order valence-corrected chi connectivity index (χ2v) is 6.10. The van der Waals surface area contributed by atoms with Crippen LogP contribution in [0.5, 0.6) is 0 Å². The zero-order chi connectivity index (χ0) is 12.4. The molecule has 2 heterocycles. The molecular weight excluding hydrogens is 232 g/mol. The predicted molar refractivity (Wildman–Crippen MR) is 71.6 cm³/mol. The Morgan fingerprint density at radius 1 is 1.41 bits per heavy atom. The van der Waals surface area contributed by atoms with Crippen molar-refractivity contribution in [3.05, 3.63) is 16.1 Å². The van der Waals surface area contributed by atoms with E-state index in [0.29, 0.717) is 12.0 Å². The SMILES string of the molecule is CC(C)c1csc(C2CN(C(C)C)CCO2)n1. The van der Waals surface area contributed by atoms with Crippen LogP contribution < -0.4 is 0 Å². The summed E-state index contributed by atoms with van der Waals surface area (Å²) >= 11 is 1.74. The lowest BCUT2D eigenvalue weighted by molar-refractivity contribution is -0.0403. The molecule has 0 bridgehead atoms. The summed E-state index contributed by atoms with van der Waals surface area (Å²) in [6.45, 7) is 11.7. The largest absolute Gasteiger partial charge is 0.368 e. The minimum Gasteiger partial charge on any atom is -0.368 e. The van der Waals surface area contributed by atoms with Crippen LogP contribution in [0.25, 0.3) is 0 Å². The molecule has 0 spiro atoms. The number of morpholine rings is 1. The molecule has 1 aromatic heterocycles. The van der Waals surface area contributed by atoms with Crippen molar-refractivity contribution in [1.82, 2.24) is 9.88 Å². The van der Waals surface area contributed by atoms with Crippen molar-refractivity contribution in [2.24, 2.45) is 0 Å². The third-order valence-electron chi connectivity index (χ3n) is 3.23. The monoisotopic (exact) mass is 254 g/mol. The second-order valence-electron chi connectivity index (χ2n) is 5.21. The Morgan fingerprint density at radius 2 is 2.18 bits per heavy atom. The molecule has 0 saturated carbocycles. The molecule has 0 aromatic carbocycles. The van der Waals surface area contributed by atoms with Gasteiger partial charge in [0.2, 0.25) is 0 Å². The summed E-state index contributed by atoms with van der Waals surface area (Å²) in [7, 11) is 0. The number of rotatable bonds is 3. The van der Waals surface area contributed by atoms with E-state index in [2.05, 4.69) is 38.0 Å². The highest BCUT2D eigenvalue weighted by Crippen LogP contribution is 2.28. The Kier molecular flexibility index (Phi) is 4.17. The van der Waals surface area contributed by atoms with Crippen molar-refractivity contribution < 1.29 is 4.74 Å². The average molecular weight is 254 g/mol. The molecule has 96 valence electrons. The molecule has 1 unspecified atom stereocenters. The predicted octanol–water partition coefficient (Wildman–Crippen LogP) is 3.05. The van der Waals surface area contributed by atoms with Gasteiger partial charge >= 0.3 is 0 Å². The standard InChI is InChI=1S/C13H22N2OS/c1-9(2)11-8-17-13(14-11)12-7-15(10(3)4)5-6-16-12/h8-10,12H,5-7H2,1-4H3. The van der Waals surface area contributed by atoms with Gasteiger partial charge in [0.05, 0.1) is 12.3 Å². The van der Waals surface area contributed by atoms with Crippen molar-refractivity contribution in [3.8, 4) is 0 Å². The molecule has 0 aliphatic carbocycles. The van der Waals surface area contributed by atoms with Crippen LogP contribution in [0.3, 0.4) is 0 Å². The van der Waals surface area contributed by atoms with Gasteiger partial charge in [0.25, 0.3) is 0 Å². The zero-order valence-corrected chi connectivity index (χ0v) is 12.0. The first-order valence-corrected chi connectivity index (χ1v) is 7.27. The van der Waals surface area contributed by atoms with Crippen LogP contribution in [-0.2, 0) is 4.74 Å². The van der Waals surface area contributed by atoms with Crippen LogP contribution in [0.4, 0.5) is 0 Å². The lowest BCUT2D eigenvalue weighted by Crippen LogP contribution is -2.42. The van der Waals surface area contributed by atoms with Gasteiger partial charge in [-0.3, -0.25) is 4.90 Å². The van der Waals surface area contributed by atoms with Gasteiger partial charge in [-0.1, -0.05) is 13.8 Å². The van der Waals surface area contributed by atoms with Crippen LogP contribution in [0, 0.1) is 0 Å². The molecule has 1 aliphatic heterocycles. The minimum absolute atomic E-state index is 0.170. The molecule has 1 aromatic rings. The molecule has 3 nitrogen and oxygen atoms in total. The number of thiazole rings is 1. The van der Waals surface area contributed by atoms with Crippen molar-refractivity contribution in [2.75, 3.05) is 19.7 Å². The molecule has 0 radical (unpaired) electrons. The first-order chi connectivity index (χ1) is 8.08. The minimum atomic E-state index is 0.170. The number of hydrogen-bond acceptors (Lipinski definition) is 4. The third-order valence-corrected chi connectivity index (χ3v) is 4.19. The van der Waals surface area contributed by atoms with E-state index in [1.165, 1.54) is 5.69 Å². The summed E-state index contributed by atoms with van der Waals surface area (Å²) in [5.41, 5.74) is 1.19. The second kappa shape index (κ2) is 5.46. The van der Waals surface area contributed by atoms with Gasteiger partial charge in [-0.25, -0.2) is 4.98 Å². The van der Waals surface area contributed by atoms with Crippen molar-refractivity contribution >= 4 is 11.3 Å². The lowest BCUT2D eigenvalue weighted by Gasteiger charge is -2.34. The van der Waals surface area contributed by atoms with Crippen molar-refractivity contribution in [3.63, 3.8) is 0 Å². The summed E-state index contributed by atoms with van der Waals surface area (Å²) < 4.78 is 5.84. The fourth-order valence-corrected chi connectivity index (χ4v) is 3.02. The van der Waals surface area contributed by atoms with Gasteiger partial charge in [-0.15, -0.1) is 11.3 Å². The molecule has 1 saturated heterocycles. The summed E-state index contributed by atoms with van der Waals surface area (Å²) in [4.78, 5) is 7.16. The third kappa shape index (κ3) is 3.06. The summed E-state index contributed by atoms with van der Waals surface area (Å²) in [6, 6.07) is 0.589. The van der Waals surface area contributed by atoms with Crippen LogP contribution in [0.2, 0.25) is 0 Å². The van der Waals surface area contributed by atoms with Crippen LogP contribution in [0.1, 0.15) is 50.4 Å². The molecule has 1 aliphatic rings. The maximum Gasteiger partial charge on any atom is 0.123 e. The Hall–Kier alpha value is -0.450. The Labute approximate surface area is 108 Å². The summed E-state index contributed by atoms with van der Waals surface area (Å²) in [5, 5.41) is 3.30. The highest BCUT2D eigenvalue weighted by Gasteiger charge is 2.25. The van der Waals surface area contributed by atoms with Gasteiger partial charge in [-0.2, -0.15) is 0 Å². The Balaban J connectivity index is 2.05. The van der Waals surface area contributed by atoms with Crippen LogP contribution in [-0.4, -0.2) is 35.6 Å². The van der Waals surface area contributed by atoms with E-state index in [9.17, 15) is 0 Å². The number of ether oxygens (including phenoxy) is 1. The van der Waals surface area contributed by atoms with E-state index in [1.54, 1.807) is 11.3 Å². The molecule has 0 amide bonds. The smallest absolute Gasteiger partial charge is 0.123 e. The van der Waals surface area contributed by atoms with E-state index in [-0.39, 0.29) is 6.10 Å². The lowest BCUT2D eigenvalue weighted by atomic mass is 10.2. The molecule has 2 rings (SSSR count). The fourth-order valence-electron chi connectivity index (χ4n) is 2.00. The first-order valence-electron chi connectivity index (χ1n) is 6.39. The number of aromatic nitrogens is 1. The summed E-state index contributed by atoms with van der Waals surface area (Å²) in [6.07, 6.45) is 0.170. The van der Waals surface area contributed by atoms with Gasteiger partial charge in [0, 0.05) is 24.5 Å². The maximum absolute atomic E-state index is 5.84. The van der Waals surface area contributed by atoms with E-state index in [0.717, 1.165) is 24.7 Å². The van der Waals surface area contributed by atoms with E-state index < -0.39 is 0 Å². The number of nitrogens with zero attached hydrogens (tertiary/aromatic N) is 2. The molecule has 4 heteroatoms. The van der Waals surface area contributed by atoms with E-state index >= 15 is 0 Å².